The molecule has 0 amide bonds. The number of aromatic nitrogens is 1. The first-order valence-electron chi connectivity index (χ1n) is 8.80. The second-order valence-corrected chi connectivity index (χ2v) is 8.33. The van der Waals surface area contributed by atoms with Gasteiger partial charge in [-0.25, -0.2) is 0 Å². The van der Waals surface area contributed by atoms with Crippen LogP contribution in [0.3, 0.4) is 0 Å². The minimum atomic E-state index is -0.192. The SMILES string of the molecule is Cc1cc(CC2ON=C(c3cccc(Br)c3)C2(C)C)nc2ccccc12. The molecule has 4 heteroatoms. The number of hydrogen-bond acceptors (Lipinski definition) is 3. The van der Waals surface area contributed by atoms with Crippen LogP contribution in [0.5, 0.6) is 0 Å². The van der Waals surface area contributed by atoms with Crippen LogP contribution >= 0.6 is 15.9 Å². The van der Waals surface area contributed by atoms with Gasteiger partial charge in [-0.3, -0.25) is 4.98 Å². The van der Waals surface area contributed by atoms with E-state index in [1.807, 2.05) is 18.2 Å². The number of aryl methyl sites for hydroxylation is 1. The summed E-state index contributed by atoms with van der Waals surface area (Å²) in [5.41, 5.74) is 5.21. The second kappa shape index (κ2) is 6.51. The third-order valence-corrected chi connectivity index (χ3v) is 5.65. The maximum Gasteiger partial charge on any atom is 0.143 e. The zero-order valence-corrected chi connectivity index (χ0v) is 16.7. The standard InChI is InChI=1S/C22H21BrN2O/c1-14-11-17(24-19-10-5-4-9-18(14)19)13-20-22(2,3)21(25-26-20)15-7-6-8-16(23)12-15/h4-12,20H,13H2,1-3H3. The summed E-state index contributed by atoms with van der Waals surface area (Å²) in [4.78, 5) is 10.7. The lowest BCUT2D eigenvalue weighted by Crippen LogP contribution is -2.35. The molecule has 1 aromatic heterocycles. The molecule has 1 aliphatic heterocycles. The highest BCUT2D eigenvalue weighted by atomic mass is 79.9. The first kappa shape index (κ1) is 17.2. The van der Waals surface area contributed by atoms with Gasteiger partial charge < -0.3 is 4.84 Å². The molecule has 0 saturated heterocycles. The van der Waals surface area contributed by atoms with Gasteiger partial charge in [0.2, 0.25) is 0 Å². The highest BCUT2D eigenvalue weighted by Gasteiger charge is 2.42. The summed E-state index contributed by atoms with van der Waals surface area (Å²) in [5, 5.41) is 5.63. The maximum atomic E-state index is 5.86. The molecule has 3 nitrogen and oxygen atoms in total. The van der Waals surface area contributed by atoms with Crippen LogP contribution in [0.15, 0.2) is 64.2 Å². The molecule has 4 rings (SSSR count). The predicted molar refractivity (Wildman–Crippen MR) is 110 cm³/mol. The number of pyridine rings is 1. The van der Waals surface area contributed by atoms with Gasteiger partial charge in [0.05, 0.1) is 16.6 Å². The third-order valence-electron chi connectivity index (χ3n) is 5.16. The van der Waals surface area contributed by atoms with Crippen molar-refractivity contribution >= 4 is 32.5 Å². The highest BCUT2D eigenvalue weighted by molar-refractivity contribution is 9.10. The summed E-state index contributed by atoms with van der Waals surface area (Å²) in [6, 6.07) is 18.6. The van der Waals surface area contributed by atoms with E-state index in [9.17, 15) is 0 Å². The quantitative estimate of drug-likeness (QED) is 0.558. The van der Waals surface area contributed by atoms with Gasteiger partial charge in [0, 0.05) is 27.5 Å². The molecule has 0 aliphatic carbocycles. The Bertz CT molecular complexity index is 1010. The number of para-hydroxylation sites is 1. The largest absolute Gasteiger partial charge is 0.391 e. The topological polar surface area (TPSA) is 34.5 Å². The number of nitrogens with zero attached hydrogens (tertiary/aromatic N) is 2. The van der Waals surface area contributed by atoms with Crippen LogP contribution in [0.4, 0.5) is 0 Å². The molecule has 1 aliphatic rings. The van der Waals surface area contributed by atoms with Crippen molar-refractivity contribution in [1.29, 1.82) is 0 Å². The zero-order valence-electron chi connectivity index (χ0n) is 15.2. The van der Waals surface area contributed by atoms with Gasteiger partial charge in [0.25, 0.3) is 0 Å². The molecule has 0 bridgehead atoms. The first-order valence-corrected chi connectivity index (χ1v) is 9.60. The molecule has 0 saturated carbocycles. The zero-order chi connectivity index (χ0) is 18.3. The molecule has 0 radical (unpaired) electrons. The number of benzene rings is 2. The Morgan fingerprint density at radius 1 is 1.08 bits per heavy atom. The van der Waals surface area contributed by atoms with Gasteiger partial charge in [-0.2, -0.15) is 0 Å². The van der Waals surface area contributed by atoms with Gasteiger partial charge in [0.1, 0.15) is 6.10 Å². The fourth-order valence-corrected chi connectivity index (χ4v) is 3.98. The Morgan fingerprint density at radius 2 is 1.88 bits per heavy atom. The fourth-order valence-electron chi connectivity index (χ4n) is 3.58. The minimum absolute atomic E-state index is 0.0375. The van der Waals surface area contributed by atoms with E-state index in [0.29, 0.717) is 0 Å². The van der Waals surface area contributed by atoms with E-state index in [2.05, 4.69) is 78.3 Å². The van der Waals surface area contributed by atoms with Crippen molar-refractivity contribution in [3.8, 4) is 0 Å². The fraction of sp³-hybridized carbons (Fsp3) is 0.273. The van der Waals surface area contributed by atoms with Crippen molar-refractivity contribution in [2.75, 3.05) is 0 Å². The monoisotopic (exact) mass is 408 g/mol. The lowest BCUT2D eigenvalue weighted by molar-refractivity contribution is 0.0365. The van der Waals surface area contributed by atoms with E-state index in [4.69, 9.17) is 9.82 Å². The number of halogens is 1. The smallest absolute Gasteiger partial charge is 0.143 e. The van der Waals surface area contributed by atoms with Crippen molar-refractivity contribution in [3.63, 3.8) is 0 Å². The third kappa shape index (κ3) is 3.03. The Labute approximate surface area is 162 Å². The predicted octanol–water partition coefficient (Wildman–Crippen LogP) is 5.68. The lowest BCUT2D eigenvalue weighted by Gasteiger charge is -2.26. The van der Waals surface area contributed by atoms with E-state index in [1.165, 1.54) is 10.9 Å². The molecule has 2 aromatic carbocycles. The molecule has 1 unspecified atom stereocenters. The summed E-state index contributed by atoms with van der Waals surface area (Å²) in [5.74, 6) is 0. The Hall–Kier alpha value is -2.20. The first-order chi connectivity index (χ1) is 12.4. The summed E-state index contributed by atoms with van der Waals surface area (Å²) in [7, 11) is 0. The maximum absolute atomic E-state index is 5.86. The lowest BCUT2D eigenvalue weighted by atomic mass is 9.77. The van der Waals surface area contributed by atoms with Gasteiger partial charge in [-0.05, 0) is 36.8 Å². The number of fused-ring (bicyclic) bond motifs is 1. The average molecular weight is 409 g/mol. The summed E-state index contributed by atoms with van der Waals surface area (Å²) < 4.78 is 1.05. The van der Waals surface area contributed by atoms with Crippen LogP contribution in [-0.2, 0) is 11.3 Å². The van der Waals surface area contributed by atoms with Crippen LogP contribution in [0.25, 0.3) is 10.9 Å². The Kier molecular flexibility index (Phi) is 4.31. The molecule has 3 aromatic rings. The van der Waals surface area contributed by atoms with E-state index >= 15 is 0 Å². The Balaban J connectivity index is 1.62. The Morgan fingerprint density at radius 3 is 2.69 bits per heavy atom. The van der Waals surface area contributed by atoms with Crippen molar-refractivity contribution in [2.45, 2.75) is 33.3 Å². The summed E-state index contributed by atoms with van der Waals surface area (Å²) in [6.07, 6.45) is 0.698. The van der Waals surface area contributed by atoms with Crippen LogP contribution in [0.2, 0.25) is 0 Å². The van der Waals surface area contributed by atoms with Gasteiger partial charge in [-0.1, -0.05) is 65.3 Å². The molecular weight excluding hydrogens is 388 g/mol. The number of rotatable bonds is 3. The van der Waals surface area contributed by atoms with Gasteiger partial charge in [0.15, 0.2) is 0 Å². The van der Waals surface area contributed by atoms with E-state index in [-0.39, 0.29) is 11.5 Å². The molecule has 26 heavy (non-hydrogen) atoms. The van der Waals surface area contributed by atoms with Gasteiger partial charge in [-0.15, -0.1) is 0 Å². The van der Waals surface area contributed by atoms with Crippen molar-refractivity contribution in [1.82, 2.24) is 4.98 Å². The van der Waals surface area contributed by atoms with E-state index in [1.54, 1.807) is 0 Å². The van der Waals surface area contributed by atoms with Crippen LogP contribution < -0.4 is 0 Å². The van der Waals surface area contributed by atoms with E-state index in [0.717, 1.165) is 33.4 Å². The molecule has 0 N–H and O–H groups in total. The molecule has 2 heterocycles. The second-order valence-electron chi connectivity index (χ2n) is 7.42. The average Bonchev–Trinajstić information content (AvgIpc) is 2.89. The minimum Gasteiger partial charge on any atom is -0.391 e. The van der Waals surface area contributed by atoms with Crippen molar-refractivity contribution in [3.05, 3.63) is 75.9 Å². The van der Waals surface area contributed by atoms with Crippen molar-refractivity contribution < 1.29 is 4.84 Å². The van der Waals surface area contributed by atoms with Crippen LogP contribution in [0.1, 0.15) is 30.7 Å². The summed E-state index contributed by atoms with van der Waals surface area (Å²) >= 11 is 3.54. The molecule has 1 atom stereocenters. The van der Waals surface area contributed by atoms with Crippen LogP contribution in [0, 0.1) is 12.3 Å². The highest BCUT2D eigenvalue weighted by Crippen LogP contribution is 2.37. The van der Waals surface area contributed by atoms with Gasteiger partial charge >= 0.3 is 0 Å². The van der Waals surface area contributed by atoms with Crippen LogP contribution in [-0.4, -0.2) is 16.8 Å². The molecule has 0 fully saturated rings. The normalized spacial score (nSPS) is 18.6. The molecular formula is C22H21BrN2O. The number of hydrogen-bond donors (Lipinski definition) is 0. The molecule has 0 spiro atoms. The van der Waals surface area contributed by atoms with Crippen molar-refractivity contribution in [2.24, 2.45) is 10.6 Å². The number of oxime groups is 1. The van der Waals surface area contributed by atoms with E-state index < -0.39 is 0 Å². The summed E-state index contributed by atoms with van der Waals surface area (Å²) in [6.45, 7) is 6.52. The molecule has 132 valence electrons.